The largest absolute Gasteiger partial charge is 0.454 e. The number of carbonyl (C=O) groups is 2. The second kappa shape index (κ2) is 8.29. The molecule has 0 radical (unpaired) electrons. The maximum atomic E-state index is 12.4. The fourth-order valence-electron chi connectivity index (χ4n) is 2.65. The van der Waals surface area contributed by atoms with Crippen molar-refractivity contribution in [3.8, 4) is 11.5 Å². The van der Waals surface area contributed by atoms with Gasteiger partial charge in [-0.15, -0.1) is 11.3 Å². The number of carbonyl (C=O) groups excluding carboxylic acids is 2. The molecule has 0 fully saturated rings. The quantitative estimate of drug-likeness (QED) is 0.550. The van der Waals surface area contributed by atoms with Gasteiger partial charge in [0, 0.05) is 16.9 Å². The molecule has 0 bridgehead atoms. The van der Waals surface area contributed by atoms with Crippen LogP contribution in [0.2, 0.25) is 0 Å². The molecule has 1 aromatic heterocycles. The van der Waals surface area contributed by atoms with Crippen LogP contribution in [0, 0.1) is 0 Å². The summed E-state index contributed by atoms with van der Waals surface area (Å²) in [5.74, 6) is 0.563. The first-order valence-electron chi connectivity index (χ1n) is 8.55. The molecule has 29 heavy (non-hydrogen) atoms. The smallest absolute Gasteiger partial charge is 0.265 e. The second-order valence-electron chi connectivity index (χ2n) is 5.99. The number of thiophene rings is 1. The number of nitrogens with one attached hydrogen (secondary N) is 3. The predicted octanol–water partition coefficient (Wildman–Crippen LogP) is 3.86. The molecular formula is C20H15N3O4S2. The monoisotopic (exact) mass is 425 g/mol. The maximum Gasteiger partial charge on any atom is 0.265 e. The molecule has 9 heteroatoms. The van der Waals surface area contributed by atoms with Crippen molar-refractivity contribution in [1.82, 2.24) is 5.32 Å². The molecule has 0 unspecified atom stereocenters. The molecule has 0 atom stereocenters. The average Bonchev–Trinajstić information content (AvgIpc) is 3.39. The van der Waals surface area contributed by atoms with Crippen molar-refractivity contribution in [3.05, 3.63) is 70.4 Å². The maximum absolute atomic E-state index is 12.4. The number of anilines is 2. The van der Waals surface area contributed by atoms with Gasteiger partial charge in [-0.2, -0.15) is 0 Å². The number of benzene rings is 2. The van der Waals surface area contributed by atoms with E-state index < -0.39 is 0 Å². The third-order valence-corrected chi connectivity index (χ3v) is 5.06. The van der Waals surface area contributed by atoms with E-state index in [0.29, 0.717) is 33.3 Å². The van der Waals surface area contributed by atoms with Gasteiger partial charge in [-0.05, 0) is 60.1 Å². The van der Waals surface area contributed by atoms with E-state index in [1.54, 1.807) is 48.5 Å². The van der Waals surface area contributed by atoms with Gasteiger partial charge in [0.2, 0.25) is 6.79 Å². The highest BCUT2D eigenvalue weighted by Crippen LogP contribution is 2.32. The van der Waals surface area contributed by atoms with Gasteiger partial charge in [-0.1, -0.05) is 12.1 Å². The van der Waals surface area contributed by atoms with E-state index in [-0.39, 0.29) is 23.7 Å². The zero-order valence-corrected chi connectivity index (χ0v) is 16.6. The number of hydrogen-bond acceptors (Lipinski definition) is 6. The molecule has 0 aliphatic carbocycles. The van der Waals surface area contributed by atoms with Gasteiger partial charge in [0.05, 0.1) is 4.88 Å². The third-order valence-electron chi connectivity index (χ3n) is 3.99. The molecule has 1 aliphatic rings. The zero-order valence-electron chi connectivity index (χ0n) is 14.9. The lowest BCUT2D eigenvalue weighted by atomic mass is 10.2. The highest BCUT2D eigenvalue weighted by molar-refractivity contribution is 7.80. The molecule has 1 aliphatic heterocycles. The van der Waals surface area contributed by atoms with Crippen molar-refractivity contribution in [2.75, 3.05) is 17.4 Å². The summed E-state index contributed by atoms with van der Waals surface area (Å²) in [5.41, 5.74) is 1.64. The van der Waals surface area contributed by atoms with Crippen molar-refractivity contribution >= 4 is 51.9 Å². The molecule has 0 spiro atoms. The van der Waals surface area contributed by atoms with Crippen LogP contribution in [0.15, 0.2) is 60.0 Å². The lowest BCUT2D eigenvalue weighted by Gasteiger charge is -2.11. The van der Waals surface area contributed by atoms with Crippen LogP contribution in [0.4, 0.5) is 11.4 Å². The summed E-state index contributed by atoms with van der Waals surface area (Å²) in [6, 6.07) is 15.5. The minimum atomic E-state index is -0.372. The molecule has 7 nitrogen and oxygen atoms in total. The van der Waals surface area contributed by atoms with Crippen molar-refractivity contribution in [3.63, 3.8) is 0 Å². The predicted molar refractivity (Wildman–Crippen MR) is 115 cm³/mol. The lowest BCUT2D eigenvalue weighted by Crippen LogP contribution is -2.34. The van der Waals surface area contributed by atoms with Crippen LogP contribution in [-0.2, 0) is 0 Å². The van der Waals surface area contributed by atoms with E-state index in [1.807, 2.05) is 11.4 Å². The van der Waals surface area contributed by atoms with Crippen molar-refractivity contribution < 1.29 is 19.1 Å². The van der Waals surface area contributed by atoms with Crippen LogP contribution < -0.4 is 25.4 Å². The highest BCUT2D eigenvalue weighted by atomic mass is 32.1. The molecule has 0 saturated carbocycles. The van der Waals surface area contributed by atoms with Crippen LogP contribution in [0.25, 0.3) is 0 Å². The first-order chi connectivity index (χ1) is 14.1. The summed E-state index contributed by atoms with van der Waals surface area (Å²) in [7, 11) is 0. The van der Waals surface area contributed by atoms with E-state index in [2.05, 4.69) is 16.0 Å². The Kier molecular flexibility index (Phi) is 5.41. The Hall–Kier alpha value is -3.43. The van der Waals surface area contributed by atoms with Crippen molar-refractivity contribution in [2.24, 2.45) is 0 Å². The zero-order chi connectivity index (χ0) is 20.2. The average molecular weight is 425 g/mol. The van der Waals surface area contributed by atoms with E-state index in [9.17, 15) is 9.59 Å². The third kappa shape index (κ3) is 4.53. The van der Waals surface area contributed by atoms with Gasteiger partial charge in [-0.25, -0.2) is 0 Å². The van der Waals surface area contributed by atoms with Crippen LogP contribution in [0.1, 0.15) is 20.0 Å². The van der Waals surface area contributed by atoms with E-state index in [1.165, 1.54) is 11.3 Å². The fourth-order valence-corrected chi connectivity index (χ4v) is 3.48. The number of rotatable bonds is 4. The Labute approximate surface area is 175 Å². The molecule has 3 aromatic rings. The van der Waals surface area contributed by atoms with E-state index in [0.717, 1.165) is 0 Å². The second-order valence-corrected chi connectivity index (χ2v) is 7.34. The number of thiocarbonyl (C=S) groups is 1. The molecular weight excluding hydrogens is 410 g/mol. The van der Waals surface area contributed by atoms with Gasteiger partial charge in [0.25, 0.3) is 11.8 Å². The van der Waals surface area contributed by atoms with Crippen molar-refractivity contribution in [1.29, 1.82) is 0 Å². The Morgan fingerprint density at radius 3 is 2.48 bits per heavy atom. The Morgan fingerprint density at radius 2 is 1.69 bits per heavy atom. The van der Waals surface area contributed by atoms with Crippen molar-refractivity contribution in [2.45, 2.75) is 0 Å². The minimum absolute atomic E-state index is 0.134. The fraction of sp³-hybridized carbons (Fsp3) is 0.0500. The van der Waals surface area contributed by atoms with Gasteiger partial charge in [0.1, 0.15) is 0 Å². The van der Waals surface area contributed by atoms with Gasteiger partial charge < -0.3 is 20.1 Å². The first-order valence-corrected chi connectivity index (χ1v) is 9.84. The van der Waals surface area contributed by atoms with Crippen LogP contribution in [0.5, 0.6) is 11.5 Å². The molecule has 2 aromatic carbocycles. The summed E-state index contributed by atoms with van der Waals surface area (Å²) >= 11 is 6.59. The molecule has 0 saturated heterocycles. The number of hydrogen-bond donors (Lipinski definition) is 3. The first kappa shape index (κ1) is 18.9. The molecule has 146 valence electrons. The Bertz CT molecular complexity index is 1080. The molecule has 4 rings (SSSR count). The minimum Gasteiger partial charge on any atom is -0.454 e. The number of amides is 2. The lowest BCUT2D eigenvalue weighted by molar-refractivity contribution is 0.0976. The summed E-state index contributed by atoms with van der Waals surface area (Å²) < 4.78 is 10.5. The summed E-state index contributed by atoms with van der Waals surface area (Å²) in [5, 5.41) is 10.4. The normalized spacial score (nSPS) is 11.6. The standard InChI is InChI=1S/C20H15N3O4S2/c24-18(12-6-7-15-16(9-12)27-11-26-15)23-20(28)22-14-4-1-3-13(10-14)21-19(25)17-5-2-8-29-17/h1-10H,11H2,(H,21,25)(H2,22,23,24,28). The topological polar surface area (TPSA) is 88.7 Å². The Balaban J connectivity index is 1.37. The van der Waals surface area contributed by atoms with Gasteiger partial charge in [-0.3, -0.25) is 14.9 Å². The summed E-state index contributed by atoms with van der Waals surface area (Å²) in [6.45, 7) is 0.139. The number of ether oxygens (including phenoxy) is 2. The van der Waals surface area contributed by atoms with Crippen LogP contribution >= 0.6 is 23.6 Å². The highest BCUT2D eigenvalue weighted by Gasteiger charge is 2.17. The Morgan fingerprint density at radius 1 is 0.897 bits per heavy atom. The van der Waals surface area contributed by atoms with Crippen LogP contribution in [-0.4, -0.2) is 23.7 Å². The molecule has 2 heterocycles. The number of fused-ring (bicyclic) bond motifs is 1. The SMILES string of the molecule is O=C(NC(=S)Nc1cccc(NC(=O)c2cccs2)c1)c1ccc2c(c1)OCO2. The molecule has 2 amide bonds. The summed E-state index contributed by atoms with van der Waals surface area (Å²) in [6.07, 6.45) is 0. The summed E-state index contributed by atoms with van der Waals surface area (Å²) in [4.78, 5) is 25.2. The van der Waals surface area contributed by atoms with E-state index >= 15 is 0 Å². The van der Waals surface area contributed by atoms with E-state index in [4.69, 9.17) is 21.7 Å². The van der Waals surface area contributed by atoms with Crippen LogP contribution in [0.3, 0.4) is 0 Å². The molecule has 3 N–H and O–H groups in total. The van der Waals surface area contributed by atoms with Gasteiger partial charge in [0.15, 0.2) is 16.6 Å². The van der Waals surface area contributed by atoms with Gasteiger partial charge >= 0.3 is 0 Å².